The van der Waals surface area contributed by atoms with Crippen LogP contribution in [0.25, 0.3) is 0 Å². The van der Waals surface area contributed by atoms with Crippen molar-refractivity contribution in [2.45, 2.75) is 13.0 Å². The van der Waals surface area contributed by atoms with Gasteiger partial charge in [0.25, 0.3) is 0 Å². The van der Waals surface area contributed by atoms with Crippen LogP contribution in [-0.4, -0.2) is 32.1 Å². The number of rotatable bonds is 6. The van der Waals surface area contributed by atoms with E-state index in [9.17, 15) is 9.59 Å². The molecule has 2 aromatic carbocycles. The summed E-state index contributed by atoms with van der Waals surface area (Å²) < 4.78 is 16.4. The van der Waals surface area contributed by atoms with E-state index >= 15 is 0 Å². The number of carbonyl (C=O) groups is 2. The van der Waals surface area contributed by atoms with Gasteiger partial charge in [-0.25, -0.2) is 4.79 Å². The maximum Gasteiger partial charge on any atom is 0.338 e. The standard InChI is InChI=1S/C18H17BrO5/c1-11(17(20)12-4-7-14(19)8-5-12)24-18(21)13-6-9-15(22-2)16(10-13)23-3/h4-11H,1-3H3. The maximum atomic E-state index is 12.3. The second kappa shape index (κ2) is 7.97. The molecular formula is C18H17BrO5. The summed E-state index contributed by atoms with van der Waals surface area (Å²) in [5.74, 6) is 0.0529. The third kappa shape index (κ3) is 4.14. The summed E-state index contributed by atoms with van der Waals surface area (Å²) in [7, 11) is 2.99. The normalized spacial score (nSPS) is 11.5. The minimum Gasteiger partial charge on any atom is -0.493 e. The smallest absolute Gasteiger partial charge is 0.338 e. The summed E-state index contributed by atoms with van der Waals surface area (Å²) >= 11 is 3.31. The van der Waals surface area contributed by atoms with E-state index in [0.717, 1.165) is 4.47 Å². The molecule has 0 saturated heterocycles. The van der Waals surface area contributed by atoms with E-state index in [0.29, 0.717) is 17.1 Å². The van der Waals surface area contributed by atoms with Crippen LogP contribution in [0.3, 0.4) is 0 Å². The van der Waals surface area contributed by atoms with Crippen molar-refractivity contribution in [3.8, 4) is 11.5 Å². The van der Waals surface area contributed by atoms with Gasteiger partial charge < -0.3 is 14.2 Å². The Morgan fingerprint density at radius 2 is 1.50 bits per heavy atom. The molecule has 0 fully saturated rings. The molecule has 0 heterocycles. The molecule has 0 aliphatic heterocycles. The number of halogens is 1. The van der Waals surface area contributed by atoms with E-state index in [-0.39, 0.29) is 11.3 Å². The minimum absolute atomic E-state index is 0.267. The highest BCUT2D eigenvalue weighted by Gasteiger charge is 2.21. The molecule has 0 spiro atoms. The van der Waals surface area contributed by atoms with Gasteiger partial charge in [0.2, 0.25) is 5.78 Å². The van der Waals surface area contributed by atoms with Crippen LogP contribution in [0, 0.1) is 0 Å². The highest BCUT2D eigenvalue weighted by atomic mass is 79.9. The largest absolute Gasteiger partial charge is 0.493 e. The SMILES string of the molecule is COc1ccc(C(=O)OC(C)C(=O)c2ccc(Br)cc2)cc1OC. The number of methoxy groups -OCH3 is 2. The van der Waals surface area contributed by atoms with E-state index < -0.39 is 12.1 Å². The Bertz CT molecular complexity index is 740. The molecule has 0 aromatic heterocycles. The molecule has 24 heavy (non-hydrogen) atoms. The average Bonchev–Trinajstić information content (AvgIpc) is 2.60. The van der Waals surface area contributed by atoms with Crippen LogP contribution in [0.5, 0.6) is 11.5 Å². The predicted octanol–water partition coefficient (Wildman–Crippen LogP) is 3.89. The fraction of sp³-hybridized carbons (Fsp3) is 0.222. The molecule has 5 nitrogen and oxygen atoms in total. The lowest BCUT2D eigenvalue weighted by Gasteiger charge is -2.13. The van der Waals surface area contributed by atoms with Crippen molar-refractivity contribution < 1.29 is 23.8 Å². The van der Waals surface area contributed by atoms with Crippen molar-refractivity contribution in [3.63, 3.8) is 0 Å². The fourth-order valence-corrected chi connectivity index (χ4v) is 2.36. The maximum absolute atomic E-state index is 12.3. The minimum atomic E-state index is -0.897. The number of esters is 1. The first-order chi connectivity index (χ1) is 11.5. The van der Waals surface area contributed by atoms with Gasteiger partial charge in [-0.1, -0.05) is 28.1 Å². The molecule has 0 bridgehead atoms. The Labute approximate surface area is 148 Å². The molecule has 1 unspecified atom stereocenters. The van der Waals surface area contributed by atoms with Crippen LogP contribution in [0.1, 0.15) is 27.6 Å². The molecule has 6 heteroatoms. The molecule has 0 radical (unpaired) electrons. The summed E-state index contributed by atoms with van der Waals surface area (Å²) in [5.41, 5.74) is 0.758. The van der Waals surface area contributed by atoms with Gasteiger partial charge in [-0.2, -0.15) is 0 Å². The second-order valence-corrected chi connectivity index (χ2v) is 5.90. The summed E-state index contributed by atoms with van der Waals surface area (Å²) in [6.07, 6.45) is -0.897. The van der Waals surface area contributed by atoms with E-state index in [1.54, 1.807) is 43.3 Å². The van der Waals surface area contributed by atoms with E-state index in [1.165, 1.54) is 20.3 Å². The van der Waals surface area contributed by atoms with Crippen LogP contribution in [0.15, 0.2) is 46.9 Å². The first kappa shape index (κ1) is 18.0. The molecule has 0 saturated carbocycles. The van der Waals surface area contributed by atoms with Gasteiger partial charge in [-0.3, -0.25) is 4.79 Å². The van der Waals surface area contributed by atoms with E-state index in [2.05, 4.69) is 15.9 Å². The van der Waals surface area contributed by atoms with Crippen molar-refractivity contribution in [1.82, 2.24) is 0 Å². The Morgan fingerprint density at radius 1 is 0.917 bits per heavy atom. The fourth-order valence-electron chi connectivity index (χ4n) is 2.09. The molecule has 0 aliphatic carbocycles. The second-order valence-electron chi connectivity index (χ2n) is 4.99. The van der Waals surface area contributed by atoms with Crippen LogP contribution in [-0.2, 0) is 4.74 Å². The lowest BCUT2D eigenvalue weighted by Crippen LogP contribution is -2.24. The number of benzene rings is 2. The van der Waals surface area contributed by atoms with Crippen LogP contribution in [0.4, 0.5) is 0 Å². The first-order valence-corrected chi connectivity index (χ1v) is 7.98. The Kier molecular flexibility index (Phi) is 5.98. The first-order valence-electron chi connectivity index (χ1n) is 7.19. The van der Waals surface area contributed by atoms with E-state index in [4.69, 9.17) is 14.2 Å². The zero-order chi connectivity index (χ0) is 17.7. The number of carbonyl (C=O) groups excluding carboxylic acids is 2. The third-order valence-electron chi connectivity index (χ3n) is 3.40. The van der Waals surface area contributed by atoms with Gasteiger partial charge in [0.1, 0.15) is 0 Å². The van der Waals surface area contributed by atoms with Crippen molar-refractivity contribution in [2.24, 2.45) is 0 Å². The van der Waals surface area contributed by atoms with Crippen LogP contribution in [0.2, 0.25) is 0 Å². The van der Waals surface area contributed by atoms with Crippen molar-refractivity contribution >= 4 is 27.7 Å². The number of ketones is 1. The van der Waals surface area contributed by atoms with Crippen LogP contribution >= 0.6 is 15.9 Å². The molecule has 126 valence electrons. The molecule has 2 rings (SSSR count). The van der Waals surface area contributed by atoms with Crippen molar-refractivity contribution in [1.29, 1.82) is 0 Å². The van der Waals surface area contributed by atoms with Gasteiger partial charge in [0.15, 0.2) is 17.6 Å². The molecule has 2 aromatic rings. The van der Waals surface area contributed by atoms with Gasteiger partial charge in [-0.05, 0) is 37.3 Å². The Morgan fingerprint density at radius 3 is 2.08 bits per heavy atom. The number of ether oxygens (including phenoxy) is 3. The average molecular weight is 393 g/mol. The monoisotopic (exact) mass is 392 g/mol. The molecule has 0 amide bonds. The number of hydrogen-bond acceptors (Lipinski definition) is 5. The highest BCUT2D eigenvalue weighted by molar-refractivity contribution is 9.10. The van der Waals surface area contributed by atoms with Crippen molar-refractivity contribution in [3.05, 3.63) is 58.1 Å². The molecule has 0 N–H and O–H groups in total. The van der Waals surface area contributed by atoms with Gasteiger partial charge >= 0.3 is 5.97 Å². The Hall–Kier alpha value is -2.34. The third-order valence-corrected chi connectivity index (χ3v) is 3.93. The van der Waals surface area contributed by atoms with Gasteiger partial charge in [0.05, 0.1) is 19.8 Å². The predicted molar refractivity (Wildman–Crippen MR) is 92.9 cm³/mol. The van der Waals surface area contributed by atoms with Crippen LogP contribution < -0.4 is 9.47 Å². The number of Topliss-reactive ketones (excluding diaryl/α,β-unsaturated/α-hetero) is 1. The van der Waals surface area contributed by atoms with E-state index in [1.807, 2.05) is 0 Å². The molecule has 1 atom stereocenters. The zero-order valence-corrected chi connectivity index (χ0v) is 15.1. The quantitative estimate of drug-likeness (QED) is 0.551. The molecular weight excluding hydrogens is 376 g/mol. The topological polar surface area (TPSA) is 61.8 Å². The number of hydrogen-bond donors (Lipinski definition) is 0. The van der Waals surface area contributed by atoms with Crippen molar-refractivity contribution in [2.75, 3.05) is 14.2 Å². The molecule has 0 aliphatic rings. The zero-order valence-electron chi connectivity index (χ0n) is 13.5. The summed E-state index contributed by atoms with van der Waals surface area (Å²) in [5, 5.41) is 0. The van der Waals surface area contributed by atoms with Gasteiger partial charge in [-0.15, -0.1) is 0 Å². The lowest BCUT2D eigenvalue weighted by atomic mass is 10.1. The lowest BCUT2D eigenvalue weighted by molar-refractivity contribution is 0.0318. The van der Waals surface area contributed by atoms with Gasteiger partial charge in [0, 0.05) is 10.0 Å². The Balaban J connectivity index is 2.11. The summed E-state index contributed by atoms with van der Waals surface area (Å²) in [6.45, 7) is 1.54. The summed E-state index contributed by atoms with van der Waals surface area (Å²) in [4.78, 5) is 24.5. The summed E-state index contributed by atoms with van der Waals surface area (Å²) in [6, 6.07) is 11.5. The highest BCUT2D eigenvalue weighted by Crippen LogP contribution is 2.28.